The topological polar surface area (TPSA) is 17.1 Å². The lowest BCUT2D eigenvalue weighted by atomic mass is 9.85. The summed E-state index contributed by atoms with van der Waals surface area (Å²) in [6.45, 7) is 2.22. The molecule has 132 valence electrons. The van der Waals surface area contributed by atoms with Gasteiger partial charge in [-0.25, -0.2) is 0 Å². The van der Waals surface area contributed by atoms with Gasteiger partial charge in [0.15, 0.2) is 5.78 Å². The molecule has 1 heteroatoms. The van der Waals surface area contributed by atoms with Gasteiger partial charge in [0.2, 0.25) is 0 Å². The molecule has 3 rings (SSSR count). The van der Waals surface area contributed by atoms with Crippen molar-refractivity contribution >= 4 is 5.78 Å². The van der Waals surface area contributed by atoms with E-state index in [1.807, 2.05) is 48.5 Å². The molecule has 0 saturated heterocycles. The number of carbonyl (C=O) groups excluding carboxylic acids is 1. The fourth-order valence-electron chi connectivity index (χ4n) is 3.34. The van der Waals surface area contributed by atoms with Crippen molar-refractivity contribution in [3.8, 4) is 0 Å². The lowest BCUT2D eigenvalue weighted by molar-refractivity contribution is 0.0977. The Balaban J connectivity index is 1.85. The lowest BCUT2D eigenvalue weighted by Gasteiger charge is -2.18. The molecule has 0 spiro atoms. The molecule has 3 aromatic carbocycles. The third kappa shape index (κ3) is 4.70. The van der Waals surface area contributed by atoms with E-state index in [1.165, 1.54) is 29.5 Å². The average molecular weight is 342 g/mol. The van der Waals surface area contributed by atoms with E-state index in [0.717, 1.165) is 12.0 Å². The zero-order valence-electron chi connectivity index (χ0n) is 15.4. The molecule has 0 radical (unpaired) electrons. The first-order valence-corrected chi connectivity index (χ1v) is 9.50. The molecule has 3 aromatic rings. The Morgan fingerprint density at radius 2 is 1.35 bits per heavy atom. The fraction of sp³-hybridized carbons (Fsp3) is 0.240. The minimum absolute atomic E-state index is 0.0872. The highest BCUT2D eigenvalue weighted by Crippen LogP contribution is 2.30. The number of unbranched alkanes of at least 4 members (excludes halogenated alkanes) is 1. The largest absolute Gasteiger partial charge is 0.294 e. The van der Waals surface area contributed by atoms with Crippen LogP contribution >= 0.6 is 0 Å². The number of aryl methyl sites for hydroxylation is 1. The van der Waals surface area contributed by atoms with E-state index in [4.69, 9.17) is 0 Å². The second-order valence-electron chi connectivity index (χ2n) is 6.80. The van der Waals surface area contributed by atoms with Crippen LogP contribution in [0.3, 0.4) is 0 Å². The van der Waals surface area contributed by atoms with Crippen LogP contribution in [0.4, 0.5) is 0 Å². The fourth-order valence-corrected chi connectivity index (χ4v) is 3.34. The molecule has 0 aliphatic heterocycles. The lowest BCUT2D eigenvalue weighted by Crippen LogP contribution is -2.09. The molecule has 0 aliphatic carbocycles. The van der Waals surface area contributed by atoms with Gasteiger partial charge >= 0.3 is 0 Å². The number of ketones is 1. The number of hydrogen-bond donors (Lipinski definition) is 0. The zero-order chi connectivity index (χ0) is 18.2. The van der Waals surface area contributed by atoms with E-state index in [1.54, 1.807) is 0 Å². The van der Waals surface area contributed by atoms with Crippen molar-refractivity contribution in [3.05, 3.63) is 107 Å². The van der Waals surface area contributed by atoms with Gasteiger partial charge in [-0.1, -0.05) is 98.3 Å². The number of Topliss-reactive ketones (excluding diaryl/α,β-unsaturated/α-hetero) is 1. The van der Waals surface area contributed by atoms with Crippen LogP contribution < -0.4 is 0 Å². The molecule has 0 heterocycles. The van der Waals surface area contributed by atoms with E-state index in [-0.39, 0.29) is 11.7 Å². The molecule has 0 aliphatic rings. The number of hydrogen-bond acceptors (Lipinski definition) is 1. The molecule has 0 amide bonds. The summed E-state index contributed by atoms with van der Waals surface area (Å²) in [6.07, 6.45) is 4.03. The van der Waals surface area contributed by atoms with Crippen LogP contribution in [0.15, 0.2) is 84.9 Å². The highest BCUT2D eigenvalue weighted by Gasteiger charge is 2.19. The predicted octanol–water partition coefficient (Wildman–Crippen LogP) is 6.43. The maximum Gasteiger partial charge on any atom is 0.163 e. The Morgan fingerprint density at radius 1 is 0.769 bits per heavy atom. The zero-order valence-corrected chi connectivity index (χ0v) is 15.4. The summed E-state index contributed by atoms with van der Waals surface area (Å²) >= 11 is 0. The molecule has 26 heavy (non-hydrogen) atoms. The third-order valence-corrected chi connectivity index (χ3v) is 4.89. The van der Waals surface area contributed by atoms with Crippen LogP contribution in [-0.2, 0) is 6.42 Å². The number of benzene rings is 3. The monoisotopic (exact) mass is 342 g/mol. The Kier molecular flexibility index (Phi) is 6.38. The molecule has 1 nitrogen and oxygen atoms in total. The summed E-state index contributed by atoms with van der Waals surface area (Å²) in [5, 5.41) is 0. The van der Waals surface area contributed by atoms with Crippen molar-refractivity contribution in [2.45, 2.75) is 38.5 Å². The second kappa shape index (κ2) is 9.15. The summed E-state index contributed by atoms with van der Waals surface area (Å²) < 4.78 is 0. The molecule has 1 atom stereocenters. The molecule has 0 saturated carbocycles. The van der Waals surface area contributed by atoms with E-state index in [9.17, 15) is 4.79 Å². The molecular weight excluding hydrogens is 316 g/mol. The number of rotatable bonds is 8. The summed E-state index contributed by atoms with van der Waals surface area (Å²) in [5.74, 6) is 0.277. The average Bonchev–Trinajstić information content (AvgIpc) is 2.72. The van der Waals surface area contributed by atoms with Gasteiger partial charge in [-0.3, -0.25) is 4.79 Å². The molecule has 0 fully saturated rings. The second-order valence-corrected chi connectivity index (χ2v) is 6.80. The van der Waals surface area contributed by atoms with Crippen LogP contribution in [0.1, 0.15) is 59.2 Å². The molecule has 0 N–H and O–H groups in total. The van der Waals surface area contributed by atoms with E-state index < -0.39 is 0 Å². The highest BCUT2D eigenvalue weighted by atomic mass is 16.1. The minimum Gasteiger partial charge on any atom is -0.294 e. The van der Waals surface area contributed by atoms with Gasteiger partial charge in [-0.05, 0) is 29.5 Å². The van der Waals surface area contributed by atoms with E-state index in [0.29, 0.717) is 6.42 Å². The van der Waals surface area contributed by atoms with Gasteiger partial charge in [-0.2, -0.15) is 0 Å². The summed E-state index contributed by atoms with van der Waals surface area (Å²) in [7, 11) is 0. The standard InChI is InChI=1S/C25H26O/c1-2-3-10-20-15-17-22(18-16-20)24(21-11-6-4-7-12-21)19-25(26)23-13-8-5-9-14-23/h4-9,11-18,24H,2-3,10,19H2,1H3. The van der Waals surface area contributed by atoms with Gasteiger partial charge in [0, 0.05) is 17.9 Å². The predicted molar refractivity (Wildman–Crippen MR) is 109 cm³/mol. The van der Waals surface area contributed by atoms with Gasteiger partial charge < -0.3 is 0 Å². The molecular formula is C25H26O. The highest BCUT2D eigenvalue weighted by molar-refractivity contribution is 5.96. The molecule has 0 aromatic heterocycles. The SMILES string of the molecule is CCCCc1ccc(C(CC(=O)c2ccccc2)c2ccccc2)cc1. The minimum atomic E-state index is 0.0872. The normalized spacial score (nSPS) is 11.9. The van der Waals surface area contributed by atoms with E-state index in [2.05, 4.69) is 43.3 Å². The van der Waals surface area contributed by atoms with Crippen molar-refractivity contribution in [3.63, 3.8) is 0 Å². The van der Waals surface area contributed by atoms with Crippen LogP contribution in [0, 0.1) is 0 Å². The Hall–Kier alpha value is -2.67. The smallest absolute Gasteiger partial charge is 0.163 e. The Morgan fingerprint density at radius 3 is 1.96 bits per heavy atom. The Bertz CT molecular complexity index is 804. The van der Waals surface area contributed by atoms with Crippen LogP contribution in [-0.4, -0.2) is 5.78 Å². The van der Waals surface area contributed by atoms with Crippen LogP contribution in [0.5, 0.6) is 0 Å². The van der Waals surface area contributed by atoms with E-state index >= 15 is 0 Å². The van der Waals surface area contributed by atoms with Gasteiger partial charge in [0.1, 0.15) is 0 Å². The third-order valence-electron chi connectivity index (χ3n) is 4.89. The van der Waals surface area contributed by atoms with Crippen molar-refractivity contribution in [1.29, 1.82) is 0 Å². The first-order chi connectivity index (χ1) is 12.8. The maximum atomic E-state index is 12.8. The Labute approximate surface area is 156 Å². The van der Waals surface area contributed by atoms with Crippen molar-refractivity contribution < 1.29 is 4.79 Å². The molecule has 1 unspecified atom stereocenters. The summed E-state index contributed by atoms with van der Waals surface area (Å²) in [6, 6.07) is 28.8. The quantitative estimate of drug-likeness (QED) is 0.431. The van der Waals surface area contributed by atoms with Crippen molar-refractivity contribution in [2.75, 3.05) is 0 Å². The van der Waals surface area contributed by atoms with Gasteiger partial charge in [0.05, 0.1) is 0 Å². The first-order valence-electron chi connectivity index (χ1n) is 9.50. The van der Waals surface area contributed by atoms with Crippen LogP contribution in [0.25, 0.3) is 0 Å². The van der Waals surface area contributed by atoms with Gasteiger partial charge in [-0.15, -0.1) is 0 Å². The first kappa shape index (κ1) is 18.1. The van der Waals surface area contributed by atoms with Crippen molar-refractivity contribution in [2.24, 2.45) is 0 Å². The summed E-state index contributed by atoms with van der Waals surface area (Å²) in [4.78, 5) is 12.8. The molecule has 0 bridgehead atoms. The summed E-state index contributed by atoms with van der Waals surface area (Å²) in [5.41, 5.74) is 4.56. The maximum absolute atomic E-state index is 12.8. The van der Waals surface area contributed by atoms with Crippen molar-refractivity contribution in [1.82, 2.24) is 0 Å². The number of carbonyl (C=O) groups is 1. The van der Waals surface area contributed by atoms with Gasteiger partial charge in [0.25, 0.3) is 0 Å². The van der Waals surface area contributed by atoms with Crippen LogP contribution in [0.2, 0.25) is 0 Å².